The first-order chi connectivity index (χ1) is 13.1. The van der Waals surface area contributed by atoms with Crippen LogP contribution in [-0.4, -0.2) is 24.0 Å². The average molecular weight is 371 g/mol. The van der Waals surface area contributed by atoms with Gasteiger partial charge < -0.3 is 10.6 Å². The molecule has 1 saturated heterocycles. The van der Waals surface area contributed by atoms with Crippen molar-refractivity contribution in [1.82, 2.24) is 10.3 Å². The van der Waals surface area contributed by atoms with Gasteiger partial charge in [0, 0.05) is 47.9 Å². The zero-order chi connectivity index (χ0) is 19.0. The van der Waals surface area contributed by atoms with Gasteiger partial charge in [0.15, 0.2) is 17.5 Å². The van der Waals surface area contributed by atoms with Crippen LogP contribution in [0, 0.1) is 23.4 Å². The number of anilines is 1. The van der Waals surface area contributed by atoms with Crippen molar-refractivity contribution < 1.29 is 18.0 Å². The molecule has 0 bridgehead atoms. The first kappa shape index (κ1) is 17.5. The Labute approximate surface area is 153 Å². The molecule has 0 radical (unpaired) electrons. The lowest BCUT2D eigenvalue weighted by atomic mass is 9.87. The smallest absolute Gasteiger partial charge is 0.229 e. The van der Waals surface area contributed by atoms with E-state index >= 15 is 0 Å². The fourth-order valence-electron chi connectivity index (χ4n) is 3.57. The van der Waals surface area contributed by atoms with Crippen LogP contribution in [0.3, 0.4) is 0 Å². The number of hydrogen-bond acceptors (Lipinski definition) is 3. The Balaban J connectivity index is 1.62. The second-order valence-electron chi connectivity index (χ2n) is 6.53. The minimum absolute atomic E-state index is 0.00108. The number of pyridine rings is 1. The van der Waals surface area contributed by atoms with E-state index in [0.29, 0.717) is 18.8 Å². The largest absolute Gasteiger partial charge is 0.325 e. The Morgan fingerprint density at radius 2 is 1.93 bits per heavy atom. The first-order valence-electron chi connectivity index (χ1n) is 8.54. The number of amides is 1. The summed E-state index contributed by atoms with van der Waals surface area (Å²) < 4.78 is 41.0. The van der Waals surface area contributed by atoms with Crippen LogP contribution in [0.5, 0.6) is 0 Å². The Kier molecular flexibility index (Phi) is 4.53. The fourth-order valence-corrected chi connectivity index (χ4v) is 3.57. The molecule has 4 nitrogen and oxygen atoms in total. The van der Waals surface area contributed by atoms with Crippen molar-refractivity contribution in [2.75, 3.05) is 18.4 Å². The molecule has 0 unspecified atom stereocenters. The second-order valence-corrected chi connectivity index (χ2v) is 6.53. The minimum atomic E-state index is -1.51. The minimum Gasteiger partial charge on any atom is -0.325 e. The van der Waals surface area contributed by atoms with E-state index in [-0.39, 0.29) is 11.5 Å². The highest BCUT2D eigenvalue weighted by atomic mass is 19.2. The van der Waals surface area contributed by atoms with Gasteiger partial charge in [-0.2, -0.15) is 0 Å². The summed E-state index contributed by atoms with van der Waals surface area (Å²) in [6, 6.07) is 9.35. The zero-order valence-electron chi connectivity index (χ0n) is 14.2. The number of benzene rings is 2. The van der Waals surface area contributed by atoms with E-state index in [0.717, 1.165) is 16.8 Å². The normalized spacial score (nSPS) is 19.4. The van der Waals surface area contributed by atoms with Gasteiger partial charge >= 0.3 is 0 Å². The molecular formula is C20H16F3N3O. The van der Waals surface area contributed by atoms with E-state index in [2.05, 4.69) is 15.6 Å². The topological polar surface area (TPSA) is 54.0 Å². The zero-order valence-corrected chi connectivity index (χ0v) is 14.2. The number of halogens is 3. The highest BCUT2D eigenvalue weighted by Gasteiger charge is 2.36. The lowest BCUT2D eigenvalue weighted by Crippen LogP contribution is -2.28. The van der Waals surface area contributed by atoms with E-state index in [9.17, 15) is 18.0 Å². The molecule has 1 aliphatic heterocycles. The molecule has 3 aromatic rings. The van der Waals surface area contributed by atoms with Crippen LogP contribution >= 0.6 is 0 Å². The van der Waals surface area contributed by atoms with E-state index in [1.54, 1.807) is 30.6 Å². The Morgan fingerprint density at radius 3 is 2.78 bits per heavy atom. The van der Waals surface area contributed by atoms with Crippen LogP contribution in [0.4, 0.5) is 18.9 Å². The highest BCUT2D eigenvalue weighted by Crippen LogP contribution is 2.33. The molecule has 1 amide bonds. The molecule has 1 aromatic heterocycles. The summed E-state index contributed by atoms with van der Waals surface area (Å²) in [5, 5.41) is 7.62. The maximum Gasteiger partial charge on any atom is 0.229 e. The second kappa shape index (κ2) is 7.00. The van der Waals surface area contributed by atoms with E-state index in [4.69, 9.17) is 0 Å². The molecular weight excluding hydrogens is 355 g/mol. The van der Waals surface area contributed by atoms with Gasteiger partial charge in [-0.1, -0.05) is 18.2 Å². The van der Waals surface area contributed by atoms with Crippen molar-refractivity contribution >= 4 is 22.4 Å². The van der Waals surface area contributed by atoms with Gasteiger partial charge in [0.05, 0.1) is 5.92 Å². The van der Waals surface area contributed by atoms with Crippen LogP contribution in [0.2, 0.25) is 0 Å². The third kappa shape index (κ3) is 3.14. The monoisotopic (exact) mass is 371 g/mol. The number of nitrogens with zero attached hydrogens (tertiary/aromatic N) is 1. The lowest BCUT2D eigenvalue weighted by molar-refractivity contribution is -0.119. The van der Waals surface area contributed by atoms with Crippen LogP contribution in [-0.2, 0) is 4.79 Å². The van der Waals surface area contributed by atoms with Gasteiger partial charge in [0.2, 0.25) is 5.91 Å². The van der Waals surface area contributed by atoms with Crippen molar-refractivity contribution in [3.05, 3.63) is 71.8 Å². The fraction of sp³-hybridized carbons (Fsp3) is 0.200. The number of rotatable bonds is 3. The number of fused-ring (bicyclic) bond motifs is 1. The average Bonchev–Trinajstić information content (AvgIpc) is 3.16. The third-order valence-electron chi connectivity index (χ3n) is 4.95. The third-order valence-corrected chi connectivity index (χ3v) is 4.95. The van der Waals surface area contributed by atoms with Crippen LogP contribution in [0.1, 0.15) is 11.5 Å². The maximum atomic E-state index is 14.2. The molecule has 0 aliphatic carbocycles. The maximum absolute atomic E-state index is 14.2. The first-order valence-corrected chi connectivity index (χ1v) is 8.54. The van der Waals surface area contributed by atoms with E-state index in [1.165, 1.54) is 6.07 Å². The van der Waals surface area contributed by atoms with Gasteiger partial charge in [-0.3, -0.25) is 9.78 Å². The van der Waals surface area contributed by atoms with Gasteiger partial charge in [-0.25, -0.2) is 13.2 Å². The molecule has 2 heterocycles. The predicted octanol–water partition coefficient (Wildman–Crippen LogP) is 3.59. The standard InChI is InChI=1S/C20H16F3N3O/c21-16-5-4-13(18(22)19(16)23)14-9-25-10-15(14)20(27)26-17-3-1-2-11-8-24-7-6-12(11)17/h1-8,14-15,25H,9-10H2,(H,26,27)/t14-,15+/m1/s1. The van der Waals surface area contributed by atoms with E-state index < -0.39 is 29.3 Å². The molecule has 2 N–H and O–H groups in total. The predicted molar refractivity (Wildman–Crippen MR) is 95.8 cm³/mol. The Morgan fingerprint density at radius 1 is 1.07 bits per heavy atom. The summed E-state index contributed by atoms with van der Waals surface area (Å²) >= 11 is 0. The van der Waals surface area contributed by atoms with Crippen LogP contribution in [0.25, 0.3) is 10.8 Å². The summed E-state index contributed by atoms with van der Waals surface area (Å²) in [4.78, 5) is 16.9. The van der Waals surface area contributed by atoms with Gasteiger partial charge in [-0.05, 0) is 23.8 Å². The van der Waals surface area contributed by atoms with Crippen molar-refractivity contribution in [1.29, 1.82) is 0 Å². The molecule has 138 valence electrons. The molecule has 0 spiro atoms. The van der Waals surface area contributed by atoms with E-state index in [1.807, 2.05) is 6.07 Å². The SMILES string of the molecule is O=C(Nc1cccc2cnccc12)[C@H]1CNC[C@@H]1c1ccc(F)c(F)c1F. The Hall–Kier alpha value is -2.93. The number of aromatic nitrogens is 1. The van der Waals surface area contributed by atoms with Crippen molar-refractivity contribution in [2.45, 2.75) is 5.92 Å². The van der Waals surface area contributed by atoms with Crippen LogP contribution in [0.15, 0.2) is 48.8 Å². The van der Waals surface area contributed by atoms with Crippen molar-refractivity contribution in [3.8, 4) is 0 Å². The van der Waals surface area contributed by atoms with Gasteiger partial charge in [0.1, 0.15) is 0 Å². The summed E-state index contributed by atoms with van der Waals surface area (Å²) in [6.07, 6.45) is 3.33. The lowest BCUT2D eigenvalue weighted by Gasteiger charge is -2.20. The molecule has 2 aromatic carbocycles. The molecule has 1 aliphatic rings. The summed E-state index contributed by atoms with van der Waals surface area (Å²) in [5.41, 5.74) is 0.623. The number of carbonyl (C=O) groups excluding carboxylic acids is 1. The summed E-state index contributed by atoms with van der Waals surface area (Å²) in [7, 11) is 0. The van der Waals surface area contributed by atoms with Gasteiger partial charge in [0.25, 0.3) is 0 Å². The van der Waals surface area contributed by atoms with Crippen LogP contribution < -0.4 is 10.6 Å². The quantitative estimate of drug-likeness (QED) is 0.692. The van der Waals surface area contributed by atoms with Gasteiger partial charge in [-0.15, -0.1) is 0 Å². The molecule has 2 atom stereocenters. The summed E-state index contributed by atoms with van der Waals surface area (Å²) in [6.45, 7) is 0.626. The molecule has 0 saturated carbocycles. The number of carbonyl (C=O) groups is 1. The molecule has 4 rings (SSSR count). The number of nitrogens with one attached hydrogen (secondary N) is 2. The van der Waals surface area contributed by atoms with Crippen molar-refractivity contribution in [2.24, 2.45) is 5.92 Å². The highest BCUT2D eigenvalue weighted by molar-refractivity contribution is 6.03. The summed E-state index contributed by atoms with van der Waals surface area (Å²) in [5.74, 6) is -5.50. The molecule has 1 fully saturated rings. The number of hydrogen-bond donors (Lipinski definition) is 2. The Bertz CT molecular complexity index is 1020. The molecule has 27 heavy (non-hydrogen) atoms. The molecule has 7 heteroatoms. The van der Waals surface area contributed by atoms with Crippen molar-refractivity contribution in [3.63, 3.8) is 0 Å².